The monoisotopic (exact) mass is 504 g/mol. The molecular weight excluding hydrogens is 464 g/mol. The van der Waals surface area contributed by atoms with Crippen molar-refractivity contribution in [3.63, 3.8) is 0 Å². The Morgan fingerprint density at radius 2 is 1.76 bits per heavy atom. The molecule has 2 aromatic carbocycles. The number of hydrogen-bond acceptors (Lipinski definition) is 4. The lowest BCUT2D eigenvalue weighted by Gasteiger charge is -2.27. The number of nitrogens with zero attached hydrogens (tertiary/aromatic N) is 1. The van der Waals surface area contributed by atoms with E-state index in [9.17, 15) is 9.59 Å². The van der Waals surface area contributed by atoms with Gasteiger partial charge in [0.05, 0.1) is 18.9 Å². The molecule has 3 aromatic rings. The minimum absolute atomic E-state index is 0.225. The zero-order valence-corrected chi connectivity index (χ0v) is 22.9. The van der Waals surface area contributed by atoms with Crippen molar-refractivity contribution in [2.75, 3.05) is 18.5 Å². The molecular formula is C31H40N2O4. The van der Waals surface area contributed by atoms with Crippen molar-refractivity contribution in [3.05, 3.63) is 66.4 Å². The molecule has 1 amide bonds. The second-order valence-electron chi connectivity index (χ2n) is 10.0. The number of allylic oxidation sites excluding steroid dienone is 1. The number of benzene rings is 2. The van der Waals surface area contributed by atoms with Gasteiger partial charge in [-0.1, -0.05) is 45.9 Å². The molecule has 3 rings (SSSR count). The van der Waals surface area contributed by atoms with Crippen LogP contribution in [0.4, 0.5) is 5.69 Å². The fourth-order valence-corrected chi connectivity index (χ4v) is 4.86. The average Bonchev–Trinajstić information content (AvgIpc) is 3.25. The third-order valence-electron chi connectivity index (χ3n) is 6.44. The van der Waals surface area contributed by atoms with Gasteiger partial charge in [0.15, 0.2) is 0 Å². The van der Waals surface area contributed by atoms with Gasteiger partial charge in [-0.25, -0.2) is 0 Å². The maximum absolute atomic E-state index is 12.8. The van der Waals surface area contributed by atoms with Gasteiger partial charge in [-0.15, -0.1) is 0 Å². The van der Waals surface area contributed by atoms with Gasteiger partial charge in [0.2, 0.25) is 5.91 Å². The molecule has 6 nitrogen and oxygen atoms in total. The third-order valence-corrected chi connectivity index (χ3v) is 6.44. The highest BCUT2D eigenvalue weighted by Crippen LogP contribution is 2.32. The van der Waals surface area contributed by atoms with E-state index in [0.29, 0.717) is 55.4 Å². The minimum atomic E-state index is -0.234. The van der Waals surface area contributed by atoms with Crippen LogP contribution in [-0.2, 0) is 14.3 Å². The number of esters is 1. The highest BCUT2D eigenvalue weighted by atomic mass is 16.5. The molecule has 0 radical (unpaired) electrons. The number of amides is 1. The largest absolute Gasteiger partial charge is 0.491 e. The third kappa shape index (κ3) is 7.48. The predicted octanol–water partition coefficient (Wildman–Crippen LogP) is 7.26. The van der Waals surface area contributed by atoms with Gasteiger partial charge in [0.1, 0.15) is 5.75 Å². The zero-order valence-electron chi connectivity index (χ0n) is 22.9. The van der Waals surface area contributed by atoms with Crippen LogP contribution in [0.25, 0.3) is 16.5 Å². The van der Waals surface area contributed by atoms with E-state index >= 15 is 0 Å². The molecule has 1 heterocycles. The van der Waals surface area contributed by atoms with Crippen LogP contribution >= 0.6 is 0 Å². The number of carbonyl (C=O) groups excluding carboxylic acids is 2. The van der Waals surface area contributed by atoms with Crippen molar-refractivity contribution in [2.24, 2.45) is 11.8 Å². The lowest BCUT2D eigenvalue weighted by molar-refractivity contribution is -0.143. The predicted molar refractivity (Wildman–Crippen MR) is 151 cm³/mol. The summed E-state index contributed by atoms with van der Waals surface area (Å²) in [6.45, 7) is 13.5. The van der Waals surface area contributed by atoms with Gasteiger partial charge in [-0.3, -0.25) is 9.59 Å². The van der Waals surface area contributed by atoms with Crippen LogP contribution in [0.5, 0.6) is 5.75 Å². The molecule has 0 spiro atoms. The highest BCUT2D eigenvalue weighted by Gasteiger charge is 2.20. The van der Waals surface area contributed by atoms with Gasteiger partial charge >= 0.3 is 5.97 Å². The zero-order chi connectivity index (χ0) is 26.9. The van der Waals surface area contributed by atoms with Crippen molar-refractivity contribution < 1.29 is 19.1 Å². The van der Waals surface area contributed by atoms with Crippen LogP contribution in [-0.4, -0.2) is 29.7 Å². The maximum Gasteiger partial charge on any atom is 0.305 e. The van der Waals surface area contributed by atoms with Crippen molar-refractivity contribution in [1.29, 1.82) is 0 Å². The van der Waals surface area contributed by atoms with Crippen LogP contribution in [0.15, 0.2) is 60.8 Å². The van der Waals surface area contributed by atoms with Crippen molar-refractivity contribution in [1.82, 2.24) is 4.57 Å². The molecule has 198 valence electrons. The summed E-state index contributed by atoms with van der Waals surface area (Å²) in [7, 11) is 0. The topological polar surface area (TPSA) is 69.6 Å². The Morgan fingerprint density at radius 1 is 1.03 bits per heavy atom. The quantitative estimate of drug-likeness (QED) is 0.160. The number of nitrogens with one attached hydrogen (secondary N) is 1. The number of fused-ring (bicyclic) bond motifs is 1. The van der Waals surface area contributed by atoms with Crippen molar-refractivity contribution in [3.8, 4) is 5.75 Å². The average molecular weight is 505 g/mol. The molecule has 0 saturated heterocycles. The number of para-hydroxylation sites is 2. The first-order valence-corrected chi connectivity index (χ1v) is 13.2. The normalized spacial score (nSPS) is 12.0. The van der Waals surface area contributed by atoms with Crippen molar-refractivity contribution in [2.45, 2.75) is 60.4 Å². The van der Waals surface area contributed by atoms with E-state index in [2.05, 4.69) is 68.0 Å². The molecule has 1 N–H and O–H groups in total. The van der Waals surface area contributed by atoms with E-state index < -0.39 is 0 Å². The Kier molecular flexibility index (Phi) is 9.95. The Bertz CT molecular complexity index is 1230. The summed E-state index contributed by atoms with van der Waals surface area (Å²) in [5.74, 6) is 1.17. The molecule has 0 unspecified atom stereocenters. The van der Waals surface area contributed by atoms with E-state index in [1.54, 1.807) is 25.1 Å². The first kappa shape index (κ1) is 28.0. The second-order valence-corrected chi connectivity index (χ2v) is 10.0. The number of aromatic nitrogens is 1. The molecule has 0 saturated carbocycles. The molecule has 0 aliphatic carbocycles. The number of ether oxygens (including phenoxy) is 2. The second kappa shape index (κ2) is 13.1. The van der Waals surface area contributed by atoms with Crippen LogP contribution < -0.4 is 10.1 Å². The summed E-state index contributed by atoms with van der Waals surface area (Å²) in [6.07, 6.45) is 4.63. The van der Waals surface area contributed by atoms with Gasteiger partial charge in [0, 0.05) is 35.6 Å². The Morgan fingerprint density at radius 3 is 2.46 bits per heavy atom. The van der Waals surface area contributed by atoms with E-state index in [0.717, 1.165) is 11.1 Å². The highest BCUT2D eigenvalue weighted by molar-refractivity contribution is 6.04. The smallest absolute Gasteiger partial charge is 0.305 e. The van der Waals surface area contributed by atoms with E-state index in [1.165, 1.54) is 10.9 Å². The Labute approximate surface area is 220 Å². The molecule has 0 aliphatic rings. The minimum Gasteiger partial charge on any atom is -0.491 e. The number of hydrogen-bond donors (Lipinski definition) is 1. The van der Waals surface area contributed by atoms with Crippen LogP contribution in [0.2, 0.25) is 0 Å². The first-order valence-electron chi connectivity index (χ1n) is 13.2. The van der Waals surface area contributed by atoms with Gasteiger partial charge in [0.25, 0.3) is 0 Å². The standard InChI is InChI=1S/C31H40N2O4/c1-7-36-30(35)13-10-18-37-28-12-9-8-11-26(28)32-29(34)19-23(6)24-14-15-27-25(20-24)16-17-33(27)31(21(2)3)22(4)5/h8-9,11-12,14-17,19-22,31H,7,10,13,18H2,1-6H3,(H,32,34)/b23-19+. The van der Waals surface area contributed by atoms with E-state index in [-0.39, 0.29) is 11.9 Å². The summed E-state index contributed by atoms with van der Waals surface area (Å²) in [6, 6.07) is 16.3. The first-order chi connectivity index (χ1) is 17.7. The lowest BCUT2D eigenvalue weighted by atomic mass is 9.93. The molecule has 6 heteroatoms. The molecule has 0 aliphatic heterocycles. The fraction of sp³-hybridized carbons (Fsp3) is 0.419. The molecule has 37 heavy (non-hydrogen) atoms. The Hall–Kier alpha value is -3.54. The number of rotatable bonds is 12. The summed E-state index contributed by atoms with van der Waals surface area (Å²) < 4.78 is 13.1. The molecule has 0 bridgehead atoms. The van der Waals surface area contributed by atoms with Gasteiger partial charge in [-0.05, 0) is 73.6 Å². The van der Waals surface area contributed by atoms with Crippen molar-refractivity contribution >= 4 is 34.0 Å². The maximum atomic E-state index is 12.8. The molecule has 0 fully saturated rings. The summed E-state index contributed by atoms with van der Waals surface area (Å²) in [5.41, 5.74) is 3.69. The molecule has 1 aromatic heterocycles. The lowest BCUT2D eigenvalue weighted by Crippen LogP contribution is -2.19. The SMILES string of the molecule is CCOC(=O)CCCOc1ccccc1NC(=O)/C=C(\C)c1ccc2c(ccn2C(C(C)C)C(C)C)c1. The summed E-state index contributed by atoms with van der Waals surface area (Å²) in [5, 5.41) is 4.09. The number of carbonyl (C=O) groups is 2. The van der Waals surface area contributed by atoms with Crippen LogP contribution in [0.3, 0.4) is 0 Å². The molecule has 0 atom stereocenters. The van der Waals surface area contributed by atoms with Gasteiger partial charge in [-0.2, -0.15) is 0 Å². The van der Waals surface area contributed by atoms with E-state index in [1.807, 2.05) is 19.1 Å². The summed E-state index contributed by atoms with van der Waals surface area (Å²) in [4.78, 5) is 24.3. The Balaban J connectivity index is 1.68. The number of anilines is 1. The fourth-order valence-electron chi connectivity index (χ4n) is 4.86. The van der Waals surface area contributed by atoms with E-state index in [4.69, 9.17) is 9.47 Å². The summed E-state index contributed by atoms with van der Waals surface area (Å²) >= 11 is 0. The van der Waals surface area contributed by atoms with Crippen LogP contribution in [0, 0.1) is 11.8 Å². The van der Waals surface area contributed by atoms with Crippen LogP contribution in [0.1, 0.15) is 66.0 Å². The van der Waals surface area contributed by atoms with Gasteiger partial charge < -0.3 is 19.4 Å².